The maximum Gasteiger partial charge on any atom is 0.255 e. The molecule has 0 saturated carbocycles. The van der Waals surface area contributed by atoms with Gasteiger partial charge in [-0.3, -0.25) is 4.79 Å². The number of carbonyl (C=O) groups is 1. The van der Waals surface area contributed by atoms with Gasteiger partial charge in [-0.25, -0.2) is 4.68 Å². The second-order valence-electron chi connectivity index (χ2n) is 10.0. The largest absolute Gasteiger partial charge is 0.493 e. The third-order valence-corrected chi connectivity index (χ3v) is 7.98. The van der Waals surface area contributed by atoms with Crippen LogP contribution in [0.2, 0.25) is 0 Å². The van der Waals surface area contributed by atoms with Crippen LogP contribution in [0, 0.1) is 13.8 Å². The van der Waals surface area contributed by atoms with Gasteiger partial charge in [0.2, 0.25) is 11.1 Å². The molecule has 0 aliphatic carbocycles. The summed E-state index contributed by atoms with van der Waals surface area (Å²) in [6.45, 7) is 8.50. The first-order valence-corrected chi connectivity index (χ1v) is 14.7. The minimum absolute atomic E-state index is 0.214. The number of nitrogens with zero attached hydrogens (tertiary/aromatic N) is 3. The molecule has 1 unspecified atom stereocenters. The normalized spacial score (nSPS) is 14.3. The molecular weight excluding hydrogens is 534 g/mol. The summed E-state index contributed by atoms with van der Waals surface area (Å²) in [5.41, 5.74) is 6.16. The Labute approximate surface area is 245 Å². The maximum absolute atomic E-state index is 13.8. The molecule has 0 bridgehead atoms. The van der Waals surface area contributed by atoms with Gasteiger partial charge in [-0.15, -0.1) is 5.10 Å². The van der Waals surface area contributed by atoms with Crippen LogP contribution in [0.4, 0.5) is 11.6 Å². The summed E-state index contributed by atoms with van der Waals surface area (Å²) in [6, 6.07) is 21.1. The quantitative estimate of drug-likeness (QED) is 0.201. The van der Waals surface area contributed by atoms with Crippen LogP contribution >= 0.6 is 11.8 Å². The van der Waals surface area contributed by atoms with E-state index in [4.69, 9.17) is 19.6 Å². The van der Waals surface area contributed by atoms with Crippen LogP contribution in [0.5, 0.6) is 11.5 Å². The van der Waals surface area contributed by atoms with Gasteiger partial charge < -0.3 is 20.1 Å². The summed E-state index contributed by atoms with van der Waals surface area (Å²) in [7, 11) is 1.62. The zero-order valence-electron chi connectivity index (χ0n) is 24.0. The van der Waals surface area contributed by atoms with Crippen LogP contribution in [0.25, 0.3) is 0 Å². The molecule has 1 amide bonds. The molecule has 0 spiro atoms. The molecule has 2 heterocycles. The van der Waals surface area contributed by atoms with Crippen LogP contribution in [-0.2, 0) is 11.4 Å². The average Bonchev–Trinajstić information content (AvgIpc) is 3.37. The van der Waals surface area contributed by atoms with E-state index in [2.05, 4.69) is 36.6 Å². The molecule has 1 aromatic heterocycles. The summed E-state index contributed by atoms with van der Waals surface area (Å²) < 4.78 is 13.7. The molecule has 1 aliphatic rings. The molecule has 0 saturated heterocycles. The Balaban J connectivity index is 1.52. The summed E-state index contributed by atoms with van der Waals surface area (Å²) >= 11 is 1.60. The van der Waals surface area contributed by atoms with Gasteiger partial charge in [0.05, 0.1) is 12.7 Å². The summed E-state index contributed by atoms with van der Waals surface area (Å²) in [5.74, 6) is 2.48. The first-order valence-electron chi connectivity index (χ1n) is 13.7. The molecule has 9 heteroatoms. The van der Waals surface area contributed by atoms with Gasteiger partial charge in [-0.1, -0.05) is 61.2 Å². The molecule has 0 fully saturated rings. The van der Waals surface area contributed by atoms with E-state index in [1.165, 1.54) is 0 Å². The first-order chi connectivity index (χ1) is 19.9. The van der Waals surface area contributed by atoms with Crippen molar-refractivity contribution in [3.8, 4) is 11.5 Å². The Bertz CT molecular complexity index is 1600. The number of allylic oxidation sites excluding steroid dienone is 1. The van der Waals surface area contributed by atoms with Crippen molar-refractivity contribution in [2.45, 2.75) is 51.9 Å². The van der Waals surface area contributed by atoms with E-state index in [9.17, 15) is 4.79 Å². The van der Waals surface area contributed by atoms with E-state index in [0.29, 0.717) is 40.5 Å². The zero-order valence-corrected chi connectivity index (χ0v) is 24.8. The number of rotatable bonds is 10. The lowest BCUT2D eigenvalue weighted by Crippen LogP contribution is -2.31. The van der Waals surface area contributed by atoms with E-state index in [1.807, 2.05) is 68.4 Å². The van der Waals surface area contributed by atoms with Gasteiger partial charge in [0.1, 0.15) is 12.6 Å². The van der Waals surface area contributed by atoms with E-state index in [-0.39, 0.29) is 5.91 Å². The Morgan fingerprint density at radius 3 is 2.63 bits per heavy atom. The predicted molar refractivity (Wildman–Crippen MR) is 164 cm³/mol. The summed E-state index contributed by atoms with van der Waals surface area (Å²) in [5, 5.41) is 11.9. The van der Waals surface area contributed by atoms with Crippen molar-refractivity contribution in [1.82, 2.24) is 14.8 Å². The van der Waals surface area contributed by atoms with Crippen LogP contribution in [0.3, 0.4) is 0 Å². The lowest BCUT2D eigenvalue weighted by molar-refractivity contribution is -0.113. The fourth-order valence-corrected chi connectivity index (χ4v) is 5.49. The van der Waals surface area contributed by atoms with E-state index < -0.39 is 6.04 Å². The third kappa shape index (κ3) is 6.25. The van der Waals surface area contributed by atoms with Crippen molar-refractivity contribution >= 4 is 29.3 Å². The standard InChI is InChI=1S/C32H35N5O3S/c1-6-16-41-32-35-31-33-22(4)28(30(38)34-25-13-9-10-20(2)17-25)29(37(31)36-32)23-14-15-26(27(18-23)39-5)40-19-24-12-8-7-11-21(24)3/h7-15,17-18,29H,6,16,19H2,1-5H3,(H,34,38)(H,33,35,36). The molecule has 2 N–H and O–H groups in total. The highest BCUT2D eigenvalue weighted by Gasteiger charge is 2.35. The molecule has 4 aromatic rings. The van der Waals surface area contributed by atoms with Crippen molar-refractivity contribution in [2.24, 2.45) is 0 Å². The van der Waals surface area contributed by atoms with E-state index in [0.717, 1.165) is 40.1 Å². The minimum Gasteiger partial charge on any atom is -0.493 e. The van der Waals surface area contributed by atoms with Crippen LogP contribution in [0.1, 0.15) is 48.6 Å². The number of nitrogens with one attached hydrogen (secondary N) is 2. The van der Waals surface area contributed by atoms with Gasteiger partial charge in [-0.2, -0.15) is 4.98 Å². The lowest BCUT2D eigenvalue weighted by atomic mass is 9.94. The number of thioether (sulfide) groups is 1. The molecule has 8 nitrogen and oxygen atoms in total. The molecular formula is C32H35N5O3S. The minimum atomic E-state index is -0.529. The molecule has 3 aromatic carbocycles. The van der Waals surface area contributed by atoms with Crippen molar-refractivity contribution in [3.05, 3.63) is 100 Å². The topological polar surface area (TPSA) is 90.3 Å². The van der Waals surface area contributed by atoms with Gasteiger partial charge in [0.25, 0.3) is 5.91 Å². The number of anilines is 2. The number of carbonyl (C=O) groups excluding carboxylic acids is 1. The zero-order chi connectivity index (χ0) is 28.9. The number of hydrogen-bond donors (Lipinski definition) is 2. The SMILES string of the molecule is CCCSc1nc2n(n1)C(c1ccc(OCc3ccccc3C)c(OC)c1)C(C(=O)Nc1cccc(C)c1)=C(C)N2. The Morgan fingerprint density at radius 2 is 1.88 bits per heavy atom. The molecule has 0 radical (unpaired) electrons. The number of aryl methyl sites for hydroxylation is 2. The number of fused-ring (bicyclic) bond motifs is 1. The maximum atomic E-state index is 13.8. The number of amides is 1. The van der Waals surface area contributed by atoms with Crippen molar-refractivity contribution in [2.75, 3.05) is 23.5 Å². The third-order valence-electron chi connectivity index (χ3n) is 6.94. The fourth-order valence-electron chi connectivity index (χ4n) is 4.81. The van der Waals surface area contributed by atoms with Crippen molar-refractivity contribution in [1.29, 1.82) is 0 Å². The fraction of sp³-hybridized carbons (Fsp3) is 0.281. The van der Waals surface area contributed by atoms with Gasteiger partial charge in [0.15, 0.2) is 11.5 Å². The average molecular weight is 570 g/mol. The molecule has 1 aliphatic heterocycles. The number of aromatic nitrogens is 3. The van der Waals surface area contributed by atoms with Crippen LogP contribution < -0.4 is 20.1 Å². The van der Waals surface area contributed by atoms with Crippen molar-refractivity contribution in [3.63, 3.8) is 0 Å². The number of methoxy groups -OCH3 is 1. The Hall–Kier alpha value is -4.24. The Morgan fingerprint density at radius 1 is 1.05 bits per heavy atom. The van der Waals surface area contributed by atoms with Crippen LogP contribution in [-0.4, -0.2) is 33.5 Å². The van der Waals surface area contributed by atoms with Gasteiger partial charge in [0, 0.05) is 17.1 Å². The highest BCUT2D eigenvalue weighted by Crippen LogP contribution is 2.40. The van der Waals surface area contributed by atoms with E-state index in [1.54, 1.807) is 23.6 Å². The second-order valence-corrected chi connectivity index (χ2v) is 11.1. The molecule has 212 valence electrons. The highest BCUT2D eigenvalue weighted by atomic mass is 32.2. The first kappa shape index (κ1) is 28.3. The Kier molecular flexibility index (Phi) is 8.64. The summed E-state index contributed by atoms with van der Waals surface area (Å²) in [4.78, 5) is 18.6. The number of benzene rings is 3. The highest BCUT2D eigenvalue weighted by molar-refractivity contribution is 7.99. The van der Waals surface area contributed by atoms with Gasteiger partial charge >= 0.3 is 0 Å². The molecule has 5 rings (SSSR count). The van der Waals surface area contributed by atoms with Crippen molar-refractivity contribution < 1.29 is 14.3 Å². The number of hydrogen-bond acceptors (Lipinski definition) is 7. The van der Waals surface area contributed by atoms with Gasteiger partial charge in [-0.05, 0) is 73.7 Å². The number of ether oxygens (including phenoxy) is 2. The predicted octanol–water partition coefficient (Wildman–Crippen LogP) is 6.91. The summed E-state index contributed by atoms with van der Waals surface area (Å²) in [6.07, 6.45) is 1.01. The lowest BCUT2D eigenvalue weighted by Gasteiger charge is -2.29. The molecule has 41 heavy (non-hydrogen) atoms. The smallest absolute Gasteiger partial charge is 0.255 e. The monoisotopic (exact) mass is 569 g/mol. The van der Waals surface area contributed by atoms with Crippen LogP contribution in [0.15, 0.2) is 83.2 Å². The second kappa shape index (κ2) is 12.5. The van der Waals surface area contributed by atoms with E-state index >= 15 is 0 Å². The molecule has 1 atom stereocenters.